The van der Waals surface area contributed by atoms with Crippen LogP contribution in [0.3, 0.4) is 0 Å². The van der Waals surface area contributed by atoms with Gasteiger partial charge in [0.15, 0.2) is 0 Å². The molecule has 0 saturated heterocycles. The van der Waals surface area contributed by atoms with Crippen molar-refractivity contribution in [3.05, 3.63) is 0 Å². The monoisotopic (exact) mass is 276 g/mol. The van der Waals surface area contributed by atoms with Crippen molar-refractivity contribution < 1.29 is 19.5 Å². The number of hydrogen-bond donors (Lipinski definition) is 3. The van der Waals surface area contributed by atoms with E-state index in [1.54, 1.807) is 0 Å². The highest BCUT2D eigenvalue weighted by atomic mass is 32.2. The molecule has 0 spiro atoms. The van der Waals surface area contributed by atoms with E-state index in [0.29, 0.717) is 0 Å². The molecule has 6 nitrogen and oxygen atoms in total. The van der Waals surface area contributed by atoms with Gasteiger partial charge in [0, 0.05) is 18.7 Å². The summed E-state index contributed by atoms with van der Waals surface area (Å²) in [4.78, 5) is 33.0. The molecule has 3 N–H and O–H groups in total. The number of carboxylic acid groups (broad SMARTS) is 1. The average Bonchev–Trinajstić information content (AvgIpc) is 2.26. The van der Waals surface area contributed by atoms with Gasteiger partial charge in [0.1, 0.15) is 6.04 Å². The minimum Gasteiger partial charge on any atom is -0.480 e. The number of carboxylic acids is 1. The van der Waals surface area contributed by atoms with E-state index in [2.05, 4.69) is 10.6 Å². The van der Waals surface area contributed by atoms with Crippen LogP contribution in [0.4, 0.5) is 0 Å². The fourth-order valence-electron chi connectivity index (χ4n) is 1.11. The molecular weight excluding hydrogens is 256 g/mol. The van der Waals surface area contributed by atoms with Crippen LogP contribution < -0.4 is 10.6 Å². The number of hydrogen-bond acceptors (Lipinski definition) is 4. The molecule has 0 aromatic rings. The maximum absolute atomic E-state index is 11.4. The number of amides is 2. The van der Waals surface area contributed by atoms with Gasteiger partial charge in [0.25, 0.3) is 0 Å². The highest BCUT2D eigenvalue weighted by Crippen LogP contribution is 2.04. The molecule has 104 valence electrons. The first-order valence-electron chi connectivity index (χ1n) is 5.73. The molecule has 0 heterocycles. The molecule has 0 aliphatic carbocycles. The van der Waals surface area contributed by atoms with E-state index < -0.39 is 17.9 Å². The second kappa shape index (κ2) is 8.79. The lowest BCUT2D eigenvalue weighted by Gasteiger charge is -2.14. The summed E-state index contributed by atoms with van der Waals surface area (Å²) in [6, 6.07) is -0.840. The molecule has 2 amide bonds. The summed E-state index contributed by atoms with van der Waals surface area (Å²) in [5.41, 5.74) is 0. The van der Waals surface area contributed by atoms with E-state index in [4.69, 9.17) is 5.11 Å². The van der Waals surface area contributed by atoms with Crippen molar-refractivity contribution in [1.29, 1.82) is 0 Å². The van der Waals surface area contributed by atoms with Gasteiger partial charge in [-0.25, -0.2) is 4.79 Å². The molecule has 1 unspecified atom stereocenters. The van der Waals surface area contributed by atoms with Crippen LogP contribution in [0.1, 0.15) is 27.2 Å². The Kier molecular flexibility index (Phi) is 8.19. The quantitative estimate of drug-likeness (QED) is 0.589. The minimum absolute atomic E-state index is 0.115. The van der Waals surface area contributed by atoms with Crippen molar-refractivity contribution in [3.8, 4) is 0 Å². The van der Waals surface area contributed by atoms with Crippen molar-refractivity contribution in [1.82, 2.24) is 10.6 Å². The van der Waals surface area contributed by atoms with E-state index >= 15 is 0 Å². The van der Waals surface area contributed by atoms with Gasteiger partial charge in [-0.1, -0.05) is 6.92 Å². The fourth-order valence-corrected chi connectivity index (χ4v) is 1.96. The van der Waals surface area contributed by atoms with Gasteiger partial charge in [-0.05, 0) is 13.3 Å². The molecule has 0 rings (SSSR count). The second-order valence-electron chi connectivity index (χ2n) is 3.98. The van der Waals surface area contributed by atoms with Crippen molar-refractivity contribution in [2.75, 3.05) is 11.5 Å². The zero-order chi connectivity index (χ0) is 14.1. The first-order valence-corrected chi connectivity index (χ1v) is 6.89. The number of rotatable bonds is 8. The summed E-state index contributed by atoms with van der Waals surface area (Å²) in [7, 11) is 0. The Hall–Kier alpha value is -1.24. The van der Waals surface area contributed by atoms with E-state index in [0.717, 1.165) is 6.42 Å². The van der Waals surface area contributed by atoms with Crippen molar-refractivity contribution in [3.63, 3.8) is 0 Å². The zero-order valence-electron chi connectivity index (χ0n) is 10.9. The number of carbonyl (C=O) groups is 3. The first-order chi connectivity index (χ1) is 8.36. The number of nitrogens with one attached hydrogen (secondary N) is 2. The maximum Gasteiger partial charge on any atom is 0.327 e. The Labute approximate surface area is 111 Å². The third-order valence-electron chi connectivity index (χ3n) is 2.21. The largest absolute Gasteiger partial charge is 0.480 e. The molecule has 0 saturated carbocycles. The molecule has 0 fully saturated rings. The Balaban J connectivity index is 3.95. The average molecular weight is 276 g/mol. The fraction of sp³-hybridized carbons (Fsp3) is 0.727. The van der Waals surface area contributed by atoms with Gasteiger partial charge < -0.3 is 15.7 Å². The molecule has 0 aromatic carbocycles. The Bertz CT molecular complexity index is 309. The Morgan fingerprint density at radius 2 is 1.89 bits per heavy atom. The number of thioether (sulfide) groups is 1. The highest BCUT2D eigenvalue weighted by Gasteiger charge is 2.18. The Morgan fingerprint density at radius 1 is 1.28 bits per heavy atom. The number of carbonyl (C=O) groups excluding carboxylic acids is 2. The highest BCUT2D eigenvalue weighted by molar-refractivity contribution is 8.00. The summed E-state index contributed by atoms with van der Waals surface area (Å²) in [6.07, 6.45) is 0.847. The lowest BCUT2D eigenvalue weighted by molar-refractivity contribution is -0.140. The lowest BCUT2D eigenvalue weighted by Crippen LogP contribution is -2.42. The molecule has 18 heavy (non-hydrogen) atoms. The Morgan fingerprint density at radius 3 is 2.33 bits per heavy atom. The summed E-state index contributed by atoms with van der Waals surface area (Å²) in [5.74, 6) is -1.26. The summed E-state index contributed by atoms with van der Waals surface area (Å²) < 4.78 is 0. The van der Waals surface area contributed by atoms with Gasteiger partial charge in [-0.15, -0.1) is 11.8 Å². The molecule has 0 bridgehead atoms. The predicted octanol–water partition coefficient (Wildman–Crippen LogP) is 0.224. The normalized spacial score (nSPS) is 13.5. The molecule has 0 aromatic heterocycles. The minimum atomic E-state index is -1.10. The third-order valence-corrected chi connectivity index (χ3v) is 3.25. The van der Waals surface area contributed by atoms with Crippen LogP contribution in [0.15, 0.2) is 0 Å². The zero-order valence-corrected chi connectivity index (χ0v) is 11.7. The van der Waals surface area contributed by atoms with Gasteiger partial charge in [-0.3, -0.25) is 9.59 Å². The second-order valence-corrected chi connectivity index (χ2v) is 5.01. The van der Waals surface area contributed by atoms with Crippen LogP contribution in [0.25, 0.3) is 0 Å². The van der Waals surface area contributed by atoms with E-state index in [1.807, 2.05) is 13.8 Å². The molecule has 7 heteroatoms. The maximum atomic E-state index is 11.4. The predicted molar refractivity (Wildman–Crippen MR) is 70.5 cm³/mol. The molecule has 0 radical (unpaired) electrons. The van der Waals surface area contributed by atoms with Crippen LogP contribution in [-0.2, 0) is 14.4 Å². The van der Waals surface area contributed by atoms with E-state index in [-0.39, 0.29) is 23.5 Å². The SMILES string of the molecule is CCC(C)NC(=O)CSC[C@H](NC(C)=O)C(=O)O. The van der Waals surface area contributed by atoms with Crippen LogP contribution in [-0.4, -0.2) is 46.5 Å². The summed E-state index contributed by atoms with van der Waals surface area (Å²) >= 11 is 1.18. The smallest absolute Gasteiger partial charge is 0.327 e. The van der Waals surface area contributed by atoms with Crippen molar-refractivity contribution >= 4 is 29.5 Å². The van der Waals surface area contributed by atoms with Crippen LogP contribution >= 0.6 is 11.8 Å². The molecule has 0 aliphatic heterocycles. The standard InChI is InChI=1S/C11H20N2O4S/c1-4-7(2)12-10(15)6-18-5-9(11(16)17)13-8(3)14/h7,9H,4-6H2,1-3H3,(H,12,15)(H,13,14)(H,16,17)/t7?,9-/m0/s1. The van der Waals surface area contributed by atoms with Gasteiger partial charge in [-0.2, -0.15) is 0 Å². The van der Waals surface area contributed by atoms with E-state index in [9.17, 15) is 14.4 Å². The van der Waals surface area contributed by atoms with Gasteiger partial charge >= 0.3 is 5.97 Å². The lowest BCUT2D eigenvalue weighted by atomic mass is 10.3. The van der Waals surface area contributed by atoms with Gasteiger partial charge in [0.05, 0.1) is 5.75 Å². The van der Waals surface area contributed by atoms with Crippen LogP contribution in [0, 0.1) is 0 Å². The molecular formula is C11H20N2O4S. The first kappa shape index (κ1) is 16.8. The number of aliphatic carboxylic acids is 1. The molecule has 2 atom stereocenters. The van der Waals surface area contributed by atoms with Crippen LogP contribution in [0.2, 0.25) is 0 Å². The van der Waals surface area contributed by atoms with Crippen LogP contribution in [0.5, 0.6) is 0 Å². The van der Waals surface area contributed by atoms with Crippen molar-refractivity contribution in [2.24, 2.45) is 0 Å². The third kappa shape index (κ3) is 7.94. The van der Waals surface area contributed by atoms with Crippen molar-refractivity contribution in [2.45, 2.75) is 39.3 Å². The summed E-state index contributed by atoms with van der Waals surface area (Å²) in [5, 5.41) is 13.9. The molecule has 0 aliphatic rings. The van der Waals surface area contributed by atoms with E-state index in [1.165, 1.54) is 18.7 Å². The van der Waals surface area contributed by atoms with Gasteiger partial charge in [0.2, 0.25) is 11.8 Å². The summed E-state index contributed by atoms with van der Waals surface area (Å²) in [6.45, 7) is 5.13. The topological polar surface area (TPSA) is 95.5 Å².